The van der Waals surface area contributed by atoms with E-state index in [9.17, 15) is 14.4 Å². The molecule has 1 unspecified atom stereocenters. The van der Waals surface area contributed by atoms with Crippen molar-refractivity contribution in [3.63, 3.8) is 0 Å². The third kappa shape index (κ3) is 5.03. The molecular formula is C23H26N2O6. The van der Waals surface area contributed by atoms with Gasteiger partial charge in [0.2, 0.25) is 5.91 Å². The summed E-state index contributed by atoms with van der Waals surface area (Å²) < 4.78 is 5.45. The van der Waals surface area contributed by atoms with Gasteiger partial charge in [-0.1, -0.05) is 61.9 Å². The number of aliphatic carboxylic acids is 1. The van der Waals surface area contributed by atoms with Crippen LogP contribution in [0.4, 0.5) is 4.79 Å². The second kappa shape index (κ2) is 10.1. The molecule has 2 atom stereocenters. The summed E-state index contributed by atoms with van der Waals surface area (Å²) >= 11 is 0. The maximum Gasteiger partial charge on any atom is 0.407 e. The Kier molecular flexibility index (Phi) is 7.25. The van der Waals surface area contributed by atoms with Gasteiger partial charge < -0.3 is 25.6 Å². The molecule has 0 aliphatic heterocycles. The predicted octanol–water partition coefficient (Wildman–Crippen LogP) is 2.26. The molecule has 1 aliphatic rings. The van der Waals surface area contributed by atoms with Crippen LogP contribution in [0.2, 0.25) is 0 Å². The number of fused-ring (bicyclic) bond motifs is 3. The van der Waals surface area contributed by atoms with Crippen LogP contribution in [-0.2, 0) is 14.3 Å². The Morgan fingerprint density at radius 1 is 0.968 bits per heavy atom. The van der Waals surface area contributed by atoms with Crippen molar-refractivity contribution in [2.45, 2.75) is 37.8 Å². The van der Waals surface area contributed by atoms with Crippen molar-refractivity contribution < 1.29 is 29.3 Å². The van der Waals surface area contributed by atoms with E-state index in [1.165, 1.54) is 0 Å². The molecule has 0 heterocycles. The van der Waals surface area contributed by atoms with Crippen molar-refractivity contribution in [1.29, 1.82) is 0 Å². The summed E-state index contributed by atoms with van der Waals surface area (Å²) in [6.45, 7) is 1.19. The van der Waals surface area contributed by atoms with E-state index < -0.39 is 36.7 Å². The Morgan fingerprint density at radius 3 is 2.06 bits per heavy atom. The molecule has 2 aromatic carbocycles. The van der Waals surface area contributed by atoms with E-state index in [0.29, 0.717) is 12.8 Å². The number of nitrogens with one attached hydrogen (secondary N) is 2. The molecule has 0 aromatic heterocycles. The molecule has 8 heteroatoms. The van der Waals surface area contributed by atoms with Crippen molar-refractivity contribution in [3.8, 4) is 11.1 Å². The molecule has 8 nitrogen and oxygen atoms in total. The van der Waals surface area contributed by atoms with E-state index >= 15 is 0 Å². The van der Waals surface area contributed by atoms with Crippen molar-refractivity contribution in [1.82, 2.24) is 10.6 Å². The van der Waals surface area contributed by atoms with E-state index in [0.717, 1.165) is 22.3 Å². The third-order valence-electron chi connectivity index (χ3n) is 5.33. The summed E-state index contributed by atoms with van der Waals surface area (Å²) in [6, 6.07) is 13.5. The summed E-state index contributed by atoms with van der Waals surface area (Å²) in [5.74, 6) is -2.15. The fourth-order valence-electron chi connectivity index (χ4n) is 3.80. The summed E-state index contributed by atoms with van der Waals surface area (Å²) in [4.78, 5) is 35.8. The minimum absolute atomic E-state index is 0.106. The van der Waals surface area contributed by atoms with E-state index in [-0.39, 0.29) is 12.5 Å². The number of hydrogen-bond donors (Lipinski definition) is 4. The first-order chi connectivity index (χ1) is 15.0. The molecule has 2 aromatic rings. The van der Waals surface area contributed by atoms with Crippen LogP contribution in [0, 0.1) is 0 Å². The van der Waals surface area contributed by atoms with E-state index in [2.05, 4.69) is 10.6 Å². The van der Waals surface area contributed by atoms with Crippen LogP contribution in [0.1, 0.15) is 36.8 Å². The highest BCUT2D eigenvalue weighted by atomic mass is 16.5. The topological polar surface area (TPSA) is 125 Å². The van der Waals surface area contributed by atoms with Gasteiger partial charge in [0.1, 0.15) is 18.7 Å². The highest BCUT2D eigenvalue weighted by Gasteiger charge is 2.30. The average molecular weight is 426 g/mol. The number of carboxylic acids is 1. The number of carbonyl (C=O) groups is 3. The number of carboxylic acid groups (broad SMARTS) is 1. The lowest BCUT2D eigenvalue weighted by atomic mass is 9.98. The monoisotopic (exact) mass is 426 g/mol. The van der Waals surface area contributed by atoms with Gasteiger partial charge in [-0.3, -0.25) is 4.79 Å². The van der Waals surface area contributed by atoms with Crippen LogP contribution in [0.3, 0.4) is 0 Å². The molecule has 1 aliphatic carbocycles. The molecule has 0 bridgehead atoms. The van der Waals surface area contributed by atoms with Gasteiger partial charge >= 0.3 is 12.1 Å². The van der Waals surface area contributed by atoms with Crippen LogP contribution in [0.15, 0.2) is 48.5 Å². The summed E-state index contributed by atoms with van der Waals surface area (Å²) in [6.07, 6.45) is 0.123. The number of hydrogen-bond acceptors (Lipinski definition) is 5. The summed E-state index contributed by atoms with van der Waals surface area (Å²) in [7, 11) is 0. The smallest absolute Gasteiger partial charge is 0.407 e. The zero-order valence-electron chi connectivity index (χ0n) is 17.2. The van der Waals surface area contributed by atoms with Gasteiger partial charge in [-0.25, -0.2) is 9.59 Å². The van der Waals surface area contributed by atoms with E-state index in [1.54, 1.807) is 0 Å². The Bertz CT molecular complexity index is 915. The highest BCUT2D eigenvalue weighted by molar-refractivity contribution is 5.89. The molecule has 4 N–H and O–H groups in total. The van der Waals surface area contributed by atoms with Crippen molar-refractivity contribution >= 4 is 18.0 Å². The molecule has 0 saturated carbocycles. The maximum absolute atomic E-state index is 12.4. The lowest BCUT2D eigenvalue weighted by Crippen LogP contribution is -2.52. The van der Waals surface area contributed by atoms with Crippen molar-refractivity contribution in [2.24, 2.45) is 0 Å². The fraction of sp³-hybridized carbons (Fsp3) is 0.348. The van der Waals surface area contributed by atoms with Gasteiger partial charge in [0, 0.05) is 5.92 Å². The van der Waals surface area contributed by atoms with Gasteiger partial charge in [-0.05, 0) is 28.7 Å². The Labute approximate surface area is 180 Å². The second-order valence-corrected chi connectivity index (χ2v) is 7.39. The largest absolute Gasteiger partial charge is 0.480 e. The lowest BCUT2D eigenvalue weighted by molar-refractivity contribution is -0.143. The number of benzene rings is 2. The average Bonchev–Trinajstić information content (AvgIpc) is 3.09. The lowest BCUT2D eigenvalue weighted by Gasteiger charge is -2.21. The minimum Gasteiger partial charge on any atom is -0.480 e. The molecule has 0 fully saturated rings. The SMILES string of the molecule is CCC[C@H](NC(=O)OCC1c2ccccc2-c2ccccc21)C(=O)NC(CO)C(=O)O. The molecular weight excluding hydrogens is 400 g/mol. The van der Waals surface area contributed by atoms with E-state index in [1.807, 2.05) is 55.5 Å². The quantitative estimate of drug-likeness (QED) is 0.487. The van der Waals surface area contributed by atoms with Gasteiger partial charge in [0.25, 0.3) is 0 Å². The Morgan fingerprint density at radius 2 is 1.55 bits per heavy atom. The van der Waals surface area contributed by atoms with Crippen molar-refractivity contribution in [3.05, 3.63) is 59.7 Å². The van der Waals surface area contributed by atoms with Crippen molar-refractivity contribution in [2.75, 3.05) is 13.2 Å². The molecule has 164 valence electrons. The first-order valence-corrected chi connectivity index (χ1v) is 10.2. The number of ether oxygens (including phenoxy) is 1. The van der Waals surface area contributed by atoms with Gasteiger partial charge in [-0.2, -0.15) is 0 Å². The highest BCUT2D eigenvalue weighted by Crippen LogP contribution is 2.44. The molecule has 3 rings (SSSR count). The second-order valence-electron chi connectivity index (χ2n) is 7.39. The summed E-state index contributed by atoms with van der Waals surface area (Å²) in [5.41, 5.74) is 4.37. The van der Waals surface area contributed by atoms with E-state index in [4.69, 9.17) is 14.9 Å². The minimum atomic E-state index is -1.43. The number of aliphatic hydroxyl groups excluding tert-OH is 1. The zero-order valence-corrected chi connectivity index (χ0v) is 17.2. The predicted molar refractivity (Wildman–Crippen MR) is 114 cm³/mol. The van der Waals surface area contributed by atoms with Crippen LogP contribution >= 0.6 is 0 Å². The standard InChI is InChI=1S/C23H26N2O6/c1-2-7-19(21(27)24-20(12-26)22(28)29)25-23(30)31-13-18-16-10-5-3-8-14(16)15-9-4-6-11-17(15)18/h3-6,8-11,18-20,26H,2,7,12-13H2,1H3,(H,24,27)(H,25,30)(H,28,29)/t19-,20?/m0/s1. The summed E-state index contributed by atoms with van der Waals surface area (Å²) in [5, 5.41) is 22.8. The van der Waals surface area contributed by atoms with Gasteiger partial charge in [-0.15, -0.1) is 0 Å². The maximum atomic E-state index is 12.4. The van der Waals surface area contributed by atoms with Crippen LogP contribution < -0.4 is 10.6 Å². The van der Waals surface area contributed by atoms with Crippen LogP contribution in [0.25, 0.3) is 11.1 Å². The molecule has 0 radical (unpaired) electrons. The van der Waals surface area contributed by atoms with Gasteiger partial charge in [0.15, 0.2) is 0 Å². The molecule has 2 amide bonds. The zero-order chi connectivity index (χ0) is 22.4. The number of aliphatic hydroxyl groups is 1. The fourth-order valence-corrected chi connectivity index (χ4v) is 3.80. The first-order valence-electron chi connectivity index (χ1n) is 10.2. The Balaban J connectivity index is 1.64. The Hall–Kier alpha value is -3.39. The third-order valence-corrected chi connectivity index (χ3v) is 5.33. The molecule has 0 spiro atoms. The van der Waals surface area contributed by atoms with Crippen LogP contribution in [0.5, 0.6) is 0 Å². The first kappa shape index (κ1) is 22.3. The van der Waals surface area contributed by atoms with Gasteiger partial charge in [0.05, 0.1) is 6.61 Å². The number of alkyl carbamates (subject to hydrolysis) is 1. The number of amides is 2. The molecule has 31 heavy (non-hydrogen) atoms. The normalized spacial score (nSPS) is 14.1. The van der Waals surface area contributed by atoms with Crippen LogP contribution in [-0.4, -0.2) is 53.5 Å². The number of carbonyl (C=O) groups excluding carboxylic acids is 2. The number of rotatable bonds is 9. The molecule has 0 saturated heterocycles.